The Hall–Kier alpha value is -0.840. The van der Waals surface area contributed by atoms with Gasteiger partial charge in [-0.1, -0.05) is 0 Å². The fourth-order valence-electron chi connectivity index (χ4n) is 1.92. The summed E-state index contributed by atoms with van der Waals surface area (Å²) in [6.45, 7) is 0.695. The molecular formula is C10H18FNO3. The Morgan fingerprint density at radius 2 is 2.07 bits per heavy atom. The number of likely N-dealkylation sites (tertiary alicyclic amines) is 1. The van der Waals surface area contributed by atoms with Crippen molar-refractivity contribution >= 4 is 6.09 Å². The largest absolute Gasteiger partial charge is 0.465 e. The summed E-state index contributed by atoms with van der Waals surface area (Å²) in [5.41, 5.74) is 0. The monoisotopic (exact) mass is 219 g/mol. The molecule has 1 amide bonds. The molecule has 0 aliphatic carbocycles. The number of nitrogens with zero attached hydrogens (tertiary/aromatic N) is 1. The van der Waals surface area contributed by atoms with Gasteiger partial charge in [0.1, 0.15) is 6.17 Å². The molecule has 5 heteroatoms. The number of halogens is 1. The Labute approximate surface area is 88.7 Å². The number of hydrogen-bond donors (Lipinski definition) is 2. The maximum atomic E-state index is 12.7. The predicted octanol–water partition coefficient (Wildman–Crippen LogP) is 1.49. The van der Waals surface area contributed by atoms with E-state index in [4.69, 9.17) is 10.2 Å². The number of amides is 1. The highest BCUT2D eigenvalue weighted by molar-refractivity contribution is 5.64. The number of hydrogen-bond acceptors (Lipinski definition) is 2. The standard InChI is InChI=1S/C10H18FNO3/c11-9(7-13)2-1-8-3-5-12(6-4-8)10(14)15/h8-9,13H,1-7H2,(H,14,15). The zero-order valence-electron chi connectivity index (χ0n) is 8.73. The van der Waals surface area contributed by atoms with Crippen molar-refractivity contribution in [3.63, 3.8) is 0 Å². The molecule has 1 aliphatic heterocycles. The number of carboxylic acid groups (broad SMARTS) is 1. The second-order valence-corrected chi connectivity index (χ2v) is 4.07. The van der Waals surface area contributed by atoms with Gasteiger partial charge >= 0.3 is 6.09 Å². The van der Waals surface area contributed by atoms with Gasteiger partial charge in [-0.15, -0.1) is 0 Å². The lowest BCUT2D eigenvalue weighted by Crippen LogP contribution is -2.37. The molecule has 1 rings (SSSR count). The average molecular weight is 219 g/mol. The first-order valence-corrected chi connectivity index (χ1v) is 5.36. The molecule has 0 saturated carbocycles. The van der Waals surface area contributed by atoms with Gasteiger partial charge in [-0.2, -0.15) is 0 Å². The Kier molecular flexibility index (Phi) is 4.81. The van der Waals surface area contributed by atoms with Gasteiger partial charge in [0, 0.05) is 13.1 Å². The Morgan fingerprint density at radius 3 is 2.53 bits per heavy atom. The van der Waals surface area contributed by atoms with Gasteiger partial charge in [-0.3, -0.25) is 0 Å². The third-order valence-corrected chi connectivity index (χ3v) is 2.97. The quantitative estimate of drug-likeness (QED) is 0.753. The van der Waals surface area contributed by atoms with Crippen LogP contribution in [0.25, 0.3) is 0 Å². The van der Waals surface area contributed by atoms with E-state index in [1.165, 1.54) is 4.90 Å². The van der Waals surface area contributed by atoms with Crippen molar-refractivity contribution in [2.24, 2.45) is 5.92 Å². The minimum absolute atomic E-state index is 0.383. The van der Waals surface area contributed by atoms with Crippen LogP contribution in [0.2, 0.25) is 0 Å². The highest BCUT2D eigenvalue weighted by Gasteiger charge is 2.22. The van der Waals surface area contributed by atoms with E-state index in [-0.39, 0.29) is 0 Å². The van der Waals surface area contributed by atoms with E-state index in [1.54, 1.807) is 0 Å². The van der Waals surface area contributed by atoms with Crippen molar-refractivity contribution in [1.29, 1.82) is 0 Å². The third kappa shape index (κ3) is 4.03. The number of rotatable bonds is 4. The second-order valence-electron chi connectivity index (χ2n) is 4.07. The first-order chi connectivity index (χ1) is 7.13. The van der Waals surface area contributed by atoms with E-state index in [0.717, 1.165) is 19.3 Å². The van der Waals surface area contributed by atoms with Gasteiger partial charge in [0.2, 0.25) is 0 Å². The van der Waals surface area contributed by atoms with Crippen LogP contribution >= 0.6 is 0 Å². The Balaban J connectivity index is 2.17. The molecule has 1 heterocycles. The van der Waals surface area contributed by atoms with Crippen molar-refractivity contribution in [3.05, 3.63) is 0 Å². The summed E-state index contributed by atoms with van der Waals surface area (Å²) >= 11 is 0. The summed E-state index contributed by atoms with van der Waals surface area (Å²) < 4.78 is 12.7. The number of aliphatic hydroxyl groups is 1. The number of piperidine rings is 1. The van der Waals surface area contributed by atoms with Crippen LogP contribution in [-0.2, 0) is 0 Å². The third-order valence-electron chi connectivity index (χ3n) is 2.97. The molecule has 0 bridgehead atoms. The SMILES string of the molecule is O=C(O)N1CCC(CCC(F)CO)CC1. The molecule has 1 fully saturated rings. The average Bonchev–Trinajstić information content (AvgIpc) is 2.26. The van der Waals surface area contributed by atoms with Crippen LogP contribution in [0, 0.1) is 5.92 Å². The molecule has 15 heavy (non-hydrogen) atoms. The molecule has 0 radical (unpaired) electrons. The van der Waals surface area contributed by atoms with Gasteiger partial charge < -0.3 is 15.1 Å². The molecule has 1 atom stereocenters. The molecule has 88 valence electrons. The molecule has 0 aromatic rings. The van der Waals surface area contributed by atoms with Gasteiger partial charge in [-0.25, -0.2) is 9.18 Å². The van der Waals surface area contributed by atoms with Gasteiger partial charge in [-0.05, 0) is 31.6 Å². The van der Waals surface area contributed by atoms with Gasteiger partial charge in [0.25, 0.3) is 0 Å². The molecule has 2 N–H and O–H groups in total. The maximum Gasteiger partial charge on any atom is 0.407 e. The van der Waals surface area contributed by atoms with Crippen LogP contribution in [-0.4, -0.2) is 47.1 Å². The zero-order chi connectivity index (χ0) is 11.3. The molecular weight excluding hydrogens is 201 g/mol. The predicted molar refractivity (Wildman–Crippen MR) is 53.5 cm³/mol. The van der Waals surface area contributed by atoms with E-state index in [9.17, 15) is 9.18 Å². The summed E-state index contributed by atoms with van der Waals surface area (Å²) in [4.78, 5) is 12.0. The van der Waals surface area contributed by atoms with Crippen LogP contribution in [0.1, 0.15) is 25.7 Å². The van der Waals surface area contributed by atoms with E-state index < -0.39 is 18.9 Å². The van der Waals surface area contributed by atoms with E-state index in [1.807, 2.05) is 0 Å². The summed E-state index contributed by atoms with van der Waals surface area (Å²) in [5, 5.41) is 17.2. The molecule has 1 aliphatic rings. The number of aliphatic hydroxyl groups excluding tert-OH is 1. The number of carbonyl (C=O) groups is 1. The smallest absolute Gasteiger partial charge is 0.407 e. The molecule has 0 spiro atoms. The lowest BCUT2D eigenvalue weighted by atomic mass is 9.91. The fourth-order valence-corrected chi connectivity index (χ4v) is 1.92. The molecule has 0 aromatic carbocycles. The molecule has 1 unspecified atom stereocenters. The van der Waals surface area contributed by atoms with Crippen LogP contribution in [0.15, 0.2) is 0 Å². The fraction of sp³-hybridized carbons (Fsp3) is 0.900. The van der Waals surface area contributed by atoms with Crippen LogP contribution < -0.4 is 0 Å². The topological polar surface area (TPSA) is 60.8 Å². The van der Waals surface area contributed by atoms with Crippen LogP contribution in [0.5, 0.6) is 0 Å². The van der Waals surface area contributed by atoms with Crippen LogP contribution in [0.4, 0.5) is 9.18 Å². The minimum Gasteiger partial charge on any atom is -0.465 e. The highest BCUT2D eigenvalue weighted by atomic mass is 19.1. The lowest BCUT2D eigenvalue weighted by molar-refractivity contribution is 0.117. The first-order valence-electron chi connectivity index (χ1n) is 5.36. The minimum atomic E-state index is -1.12. The van der Waals surface area contributed by atoms with Crippen molar-refractivity contribution in [2.75, 3.05) is 19.7 Å². The van der Waals surface area contributed by atoms with Crippen molar-refractivity contribution in [2.45, 2.75) is 31.9 Å². The van der Waals surface area contributed by atoms with Crippen LogP contribution in [0.3, 0.4) is 0 Å². The summed E-state index contributed by atoms with van der Waals surface area (Å²) in [6, 6.07) is 0. The van der Waals surface area contributed by atoms with E-state index >= 15 is 0 Å². The van der Waals surface area contributed by atoms with Gasteiger partial charge in [0.05, 0.1) is 6.61 Å². The Morgan fingerprint density at radius 1 is 1.47 bits per heavy atom. The van der Waals surface area contributed by atoms with Crippen molar-refractivity contribution < 1.29 is 19.4 Å². The lowest BCUT2D eigenvalue weighted by Gasteiger charge is -2.30. The zero-order valence-corrected chi connectivity index (χ0v) is 8.73. The number of alkyl halides is 1. The molecule has 4 nitrogen and oxygen atoms in total. The summed E-state index contributed by atoms with van der Waals surface area (Å²) in [6.07, 6.45) is 0.757. The van der Waals surface area contributed by atoms with Gasteiger partial charge in [0.15, 0.2) is 0 Å². The normalized spacial score (nSPS) is 20.3. The maximum absolute atomic E-state index is 12.7. The highest BCUT2D eigenvalue weighted by Crippen LogP contribution is 2.23. The first kappa shape index (κ1) is 12.2. The van der Waals surface area contributed by atoms with Crippen molar-refractivity contribution in [1.82, 2.24) is 4.90 Å². The Bertz CT molecular complexity index is 205. The van der Waals surface area contributed by atoms with E-state index in [0.29, 0.717) is 25.4 Å². The second kappa shape index (κ2) is 5.90. The summed E-state index contributed by atoms with van der Waals surface area (Å²) in [5.74, 6) is 0.408. The van der Waals surface area contributed by atoms with E-state index in [2.05, 4.69) is 0 Å². The molecule has 0 aromatic heterocycles. The van der Waals surface area contributed by atoms with Crippen molar-refractivity contribution in [3.8, 4) is 0 Å². The molecule has 1 saturated heterocycles. The summed E-state index contributed by atoms with van der Waals surface area (Å²) in [7, 11) is 0.